The monoisotopic (exact) mass is 254 g/mol. The van der Waals surface area contributed by atoms with Crippen LogP contribution in [-0.2, 0) is 6.42 Å². The van der Waals surface area contributed by atoms with E-state index in [-0.39, 0.29) is 0 Å². The first-order valence-electron chi connectivity index (χ1n) is 6.13. The summed E-state index contributed by atoms with van der Waals surface area (Å²) in [6, 6.07) is 2.19. The third-order valence-electron chi connectivity index (χ3n) is 2.23. The Morgan fingerprint density at radius 3 is 2.82 bits per heavy atom. The van der Waals surface area contributed by atoms with E-state index in [1.807, 2.05) is 11.8 Å². The summed E-state index contributed by atoms with van der Waals surface area (Å²) in [5.74, 6) is 4.42. The Hall–Kier alpha value is -0.970. The second kappa shape index (κ2) is 7.37. The van der Waals surface area contributed by atoms with Crippen LogP contribution in [0, 0.1) is 0 Å². The van der Waals surface area contributed by atoms with Crippen molar-refractivity contribution in [2.24, 2.45) is 0 Å². The van der Waals surface area contributed by atoms with E-state index < -0.39 is 0 Å². The molecule has 17 heavy (non-hydrogen) atoms. The molecule has 0 radical (unpaired) electrons. The second-order valence-electron chi connectivity index (χ2n) is 4.05. The zero-order valence-electron chi connectivity index (χ0n) is 10.9. The number of thioether (sulfide) groups is 1. The molecular weight excluding hydrogens is 232 g/mol. The second-order valence-corrected chi connectivity index (χ2v) is 5.37. The van der Waals surface area contributed by atoms with Gasteiger partial charge in [-0.25, -0.2) is 9.97 Å². The molecule has 0 spiro atoms. The fourth-order valence-electron chi connectivity index (χ4n) is 1.52. The molecule has 5 heteroatoms. The molecule has 1 aromatic rings. The molecule has 0 bridgehead atoms. The Morgan fingerprint density at radius 2 is 2.18 bits per heavy atom. The lowest BCUT2D eigenvalue weighted by Gasteiger charge is -2.14. The van der Waals surface area contributed by atoms with Crippen LogP contribution in [0.5, 0.6) is 0 Å². The van der Waals surface area contributed by atoms with E-state index in [1.54, 1.807) is 6.07 Å². The lowest BCUT2D eigenvalue weighted by atomic mass is 10.3. The Labute approximate surface area is 108 Å². The number of anilines is 2. The summed E-state index contributed by atoms with van der Waals surface area (Å²) < 4.78 is 0. The Morgan fingerprint density at radius 1 is 1.41 bits per heavy atom. The fraction of sp³-hybridized carbons (Fsp3) is 0.667. The molecule has 0 aliphatic heterocycles. The highest BCUT2D eigenvalue weighted by Crippen LogP contribution is 2.12. The lowest BCUT2D eigenvalue weighted by molar-refractivity contribution is 0.827. The number of aromatic nitrogens is 2. The van der Waals surface area contributed by atoms with E-state index in [2.05, 4.69) is 36.1 Å². The molecule has 1 unspecified atom stereocenters. The number of hydrogen-bond donors (Lipinski definition) is 2. The number of rotatable bonds is 7. The summed E-state index contributed by atoms with van der Waals surface area (Å²) in [6.45, 7) is 6.43. The molecule has 1 heterocycles. The van der Waals surface area contributed by atoms with Crippen molar-refractivity contribution >= 4 is 23.4 Å². The summed E-state index contributed by atoms with van der Waals surface area (Å²) in [4.78, 5) is 8.67. The normalized spacial score (nSPS) is 12.4. The average molecular weight is 254 g/mol. The van der Waals surface area contributed by atoms with Crippen molar-refractivity contribution in [1.82, 2.24) is 9.97 Å². The lowest BCUT2D eigenvalue weighted by Crippen LogP contribution is -2.19. The van der Waals surface area contributed by atoms with Crippen molar-refractivity contribution in [3.05, 3.63) is 11.9 Å². The number of aryl methyl sites for hydroxylation is 1. The predicted octanol–water partition coefficient (Wildman–Crippen LogP) is 2.56. The van der Waals surface area contributed by atoms with Crippen LogP contribution in [0.15, 0.2) is 6.07 Å². The van der Waals surface area contributed by atoms with Gasteiger partial charge in [0.05, 0.1) is 0 Å². The van der Waals surface area contributed by atoms with Gasteiger partial charge in [0.25, 0.3) is 0 Å². The van der Waals surface area contributed by atoms with Gasteiger partial charge >= 0.3 is 0 Å². The first kappa shape index (κ1) is 14.1. The highest BCUT2D eigenvalue weighted by Gasteiger charge is 2.05. The van der Waals surface area contributed by atoms with Gasteiger partial charge in [-0.1, -0.05) is 13.8 Å². The summed E-state index contributed by atoms with van der Waals surface area (Å²) in [7, 11) is 0. The molecule has 0 aliphatic carbocycles. The van der Waals surface area contributed by atoms with Crippen molar-refractivity contribution in [3.8, 4) is 0 Å². The molecular formula is C12H22N4S. The van der Waals surface area contributed by atoms with Crippen LogP contribution in [-0.4, -0.2) is 27.5 Å². The molecule has 0 saturated carbocycles. The van der Waals surface area contributed by atoms with E-state index in [0.717, 1.165) is 36.0 Å². The van der Waals surface area contributed by atoms with E-state index in [1.165, 1.54) is 0 Å². The van der Waals surface area contributed by atoms with Crippen LogP contribution >= 0.6 is 11.8 Å². The third-order valence-corrected chi connectivity index (χ3v) is 3.38. The van der Waals surface area contributed by atoms with Crippen LogP contribution in [0.2, 0.25) is 0 Å². The van der Waals surface area contributed by atoms with E-state index in [4.69, 9.17) is 5.73 Å². The fourth-order valence-corrected chi connectivity index (χ4v) is 2.19. The van der Waals surface area contributed by atoms with Crippen molar-refractivity contribution in [2.45, 2.75) is 39.7 Å². The summed E-state index contributed by atoms with van der Waals surface area (Å²) in [6.07, 6.45) is 1.90. The van der Waals surface area contributed by atoms with Gasteiger partial charge in [-0.05, 0) is 19.1 Å². The van der Waals surface area contributed by atoms with Gasteiger partial charge < -0.3 is 11.1 Å². The van der Waals surface area contributed by atoms with E-state index in [9.17, 15) is 0 Å². The predicted molar refractivity (Wildman–Crippen MR) is 76.5 cm³/mol. The third kappa shape index (κ3) is 5.26. The Bertz CT molecular complexity index is 343. The van der Waals surface area contributed by atoms with Crippen LogP contribution < -0.4 is 11.1 Å². The van der Waals surface area contributed by atoms with Crippen LogP contribution in [0.4, 0.5) is 11.6 Å². The zero-order chi connectivity index (χ0) is 12.7. The standard InChI is InChI=1S/C12H22N4S/c1-4-6-11-15-10(13)7-12(16-11)14-9(3)8-17-5-2/h7,9H,4-6,8H2,1-3H3,(H3,13,14,15,16). The summed E-state index contributed by atoms with van der Waals surface area (Å²) >= 11 is 1.92. The minimum Gasteiger partial charge on any atom is -0.384 e. The van der Waals surface area contributed by atoms with Crippen LogP contribution in [0.3, 0.4) is 0 Å². The minimum absolute atomic E-state index is 0.392. The topological polar surface area (TPSA) is 63.8 Å². The van der Waals surface area contributed by atoms with Crippen molar-refractivity contribution in [3.63, 3.8) is 0 Å². The van der Waals surface area contributed by atoms with Gasteiger partial charge in [-0.15, -0.1) is 0 Å². The van der Waals surface area contributed by atoms with E-state index >= 15 is 0 Å². The molecule has 0 saturated heterocycles. The molecule has 0 aromatic carbocycles. The van der Waals surface area contributed by atoms with Crippen LogP contribution in [0.1, 0.15) is 33.0 Å². The molecule has 0 amide bonds. The average Bonchev–Trinajstić information content (AvgIpc) is 2.26. The Balaban J connectivity index is 2.63. The molecule has 0 fully saturated rings. The largest absolute Gasteiger partial charge is 0.384 e. The number of hydrogen-bond acceptors (Lipinski definition) is 5. The maximum atomic E-state index is 5.77. The first-order chi connectivity index (χ1) is 8.15. The molecule has 4 nitrogen and oxygen atoms in total. The molecule has 3 N–H and O–H groups in total. The van der Waals surface area contributed by atoms with Crippen molar-refractivity contribution < 1.29 is 0 Å². The summed E-state index contributed by atoms with van der Waals surface area (Å²) in [5.41, 5.74) is 5.77. The van der Waals surface area contributed by atoms with Gasteiger partial charge in [0.15, 0.2) is 0 Å². The van der Waals surface area contributed by atoms with Gasteiger partial charge in [0.1, 0.15) is 17.5 Å². The zero-order valence-corrected chi connectivity index (χ0v) is 11.7. The quantitative estimate of drug-likeness (QED) is 0.783. The number of nitrogens with zero attached hydrogens (tertiary/aromatic N) is 2. The molecule has 1 aromatic heterocycles. The van der Waals surface area contributed by atoms with Crippen LogP contribution in [0.25, 0.3) is 0 Å². The molecule has 1 rings (SSSR count). The maximum Gasteiger partial charge on any atom is 0.133 e. The number of nitrogens with two attached hydrogens (primary N) is 1. The summed E-state index contributed by atoms with van der Waals surface area (Å²) in [5, 5.41) is 3.36. The molecule has 0 aliphatic rings. The van der Waals surface area contributed by atoms with E-state index in [0.29, 0.717) is 11.9 Å². The molecule has 96 valence electrons. The van der Waals surface area contributed by atoms with Gasteiger partial charge in [-0.3, -0.25) is 0 Å². The number of nitrogens with one attached hydrogen (secondary N) is 1. The Kier molecular flexibility index (Phi) is 6.11. The maximum absolute atomic E-state index is 5.77. The van der Waals surface area contributed by atoms with Gasteiger partial charge in [-0.2, -0.15) is 11.8 Å². The molecule has 1 atom stereocenters. The van der Waals surface area contributed by atoms with Crippen molar-refractivity contribution in [1.29, 1.82) is 0 Å². The SMILES string of the molecule is CCCc1nc(N)cc(NC(C)CSCC)n1. The minimum atomic E-state index is 0.392. The highest BCUT2D eigenvalue weighted by molar-refractivity contribution is 7.99. The number of nitrogen functional groups attached to an aromatic ring is 1. The van der Waals surface area contributed by atoms with Crippen molar-refractivity contribution in [2.75, 3.05) is 22.6 Å². The highest BCUT2D eigenvalue weighted by atomic mass is 32.2. The smallest absolute Gasteiger partial charge is 0.133 e. The van der Waals surface area contributed by atoms with Gasteiger partial charge in [0.2, 0.25) is 0 Å². The van der Waals surface area contributed by atoms with Gasteiger partial charge in [0, 0.05) is 24.3 Å². The first-order valence-corrected chi connectivity index (χ1v) is 7.28.